The number of carbonyl (C=O) groups is 1. The molecule has 0 aliphatic heterocycles. The number of fused-ring (bicyclic) bond motifs is 2. The highest BCUT2D eigenvalue weighted by Gasteiger charge is 2.41. The van der Waals surface area contributed by atoms with Crippen LogP contribution in [-0.2, 0) is 17.6 Å². The van der Waals surface area contributed by atoms with Gasteiger partial charge in [-0.1, -0.05) is 27.7 Å². The Bertz CT molecular complexity index is 1130. The Balaban J connectivity index is 1.41. The van der Waals surface area contributed by atoms with Crippen molar-refractivity contribution in [3.63, 3.8) is 0 Å². The molecule has 0 aromatic carbocycles. The molecule has 2 aliphatic carbocycles. The van der Waals surface area contributed by atoms with Crippen molar-refractivity contribution in [1.29, 1.82) is 0 Å². The number of rotatable bonds is 3. The van der Waals surface area contributed by atoms with Gasteiger partial charge in [-0.25, -0.2) is 9.97 Å². The van der Waals surface area contributed by atoms with E-state index in [1.165, 1.54) is 11.3 Å². The smallest absolute Gasteiger partial charge is 0.229 e. The highest BCUT2D eigenvalue weighted by atomic mass is 16.2. The third kappa shape index (κ3) is 3.20. The number of hydrogen-bond acceptors (Lipinski definition) is 4. The number of imidazole rings is 1. The van der Waals surface area contributed by atoms with Crippen molar-refractivity contribution in [3.8, 4) is 11.5 Å². The minimum Gasteiger partial charge on any atom is -0.321 e. The normalized spacial score (nSPS) is 20.0. The molecule has 0 unspecified atom stereocenters. The minimum absolute atomic E-state index is 0.107. The lowest BCUT2D eigenvalue weighted by atomic mass is 9.64. The van der Waals surface area contributed by atoms with E-state index >= 15 is 0 Å². The fourth-order valence-corrected chi connectivity index (χ4v) is 5.07. The molecule has 2 aliphatic rings. The van der Waals surface area contributed by atoms with Crippen molar-refractivity contribution >= 4 is 22.8 Å². The molecule has 3 heterocycles. The summed E-state index contributed by atoms with van der Waals surface area (Å²) in [5, 5.41) is 7.78. The van der Waals surface area contributed by atoms with Gasteiger partial charge in [-0.15, -0.1) is 0 Å². The summed E-state index contributed by atoms with van der Waals surface area (Å²) in [5.41, 5.74) is 6.18. The second-order valence-corrected chi connectivity index (χ2v) is 10.7. The Kier molecular flexibility index (Phi) is 4.11. The van der Waals surface area contributed by atoms with Gasteiger partial charge >= 0.3 is 0 Å². The van der Waals surface area contributed by atoms with E-state index in [1.54, 1.807) is 11.1 Å². The Morgan fingerprint density at radius 2 is 1.97 bits per heavy atom. The first kappa shape index (κ1) is 19.3. The van der Waals surface area contributed by atoms with Crippen LogP contribution in [0.5, 0.6) is 0 Å². The zero-order valence-corrected chi connectivity index (χ0v) is 18.5. The van der Waals surface area contributed by atoms with Crippen molar-refractivity contribution < 1.29 is 4.79 Å². The van der Waals surface area contributed by atoms with E-state index in [2.05, 4.69) is 47.9 Å². The number of anilines is 1. The zero-order chi connectivity index (χ0) is 21.3. The molecule has 7 heteroatoms. The monoisotopic (exact) mass is 406 g/mol. The molecule has 0 atom stereocenters. The average molecular weight is 407 g/mol. The summed E-state index contributed by atoms with van der Waals surface area (Å²) in [6.45, 7) is 9.02. The Morgan fingerprint density at radius 3 is 2.70 bits per heavy atom. The molecule has 30 heavy (non-hydrogen) atoms. The number of H-pyrrole nitrogens is 2. The molecule has 2 N–H and O–H groups in total. The topological polar surface area (TPSA) is 90.6 Å². The van der Waals surface area contributed by atoms with Crippen LogP contribution in [0.4, 0.5) is 5.69 Å². The van der Waals surface area contributed by atoms with Crippen LogP contribution in [0.25, 0.3) is 22.7 Å². The zero-order valence-electron chi connectivity index (χ0n) is 18.5. The van der Waals surface area contributed by atoms with Crippen molar-refractivity contribution in [2.75, 3.05) is 11.9 Å². The van der Waals surface area contributed by atoms with Crippen LogP contribution in [0.1, 0.15) is 58.2 Å². The largest absolute Gasteiger partial charge is 0.321 e. The van der Waals surface area contributed by atoms with Gasteiger partial charge in [-0.2, -0.15) is 5.10 Å². The molecular formula is C23H30N6O. The molecule has 1 saturated carbocycles. The number of nitrogens with one attached hydrogen (secondary N) is 2. The molecule has 1 fully saturated rings. The predicted octanol–water partition coefficient (Wildman–Crippen LogP) is 4.26. The van der Waals surface area contributed by atoms with Crippen LogP contribution in [0, 0.1) is 16.7 Å². The van der Waals surface area contributed by atoms with Crippen LogP contribution in [0.3, 0.4) is 0 Å². The van der Waals surface area contributed by atoms with Gasteiger partial charge in [0.15, 0.2) is 11.5 Å². The first-order valence-electron chi connectivity index (χ1n) is 10.8. The van der Waals surface area contributed by atoms with Crippen LogP contribution >= 0.6 is 0 Å². The number of aromatic amines is 2. The maximum absolute atomic E-state index is 12.8. The fourth-order valence-electron chi connectivity index (χ4n) is 5.07. The summed E-state index contributed by atoms with van der Waals surface area (Å²) in [4.78, 5) is 27.1. The molecular weight excluding hydrogens is 376 g/mol. The number of nitrogens with zero attached hydrogens (tertiary/aromatic N) is 4. The molecule has 7 nitrogen and oxygen atoms in total. The standard InChI is InChI=1S/C23H30N6O/c1-22(2)7-6-15-17(11-22)27-28-18(15)20-25-16-8-14(12-24-19(16)26-20)29(5)21(30)13-9-23(3,4)10-13/h8,12-13H,6-7,9-11H2,1-5H3,(H,27,28)(H,24,25,26). The Hall–Kier alpha value is -2.70. The van der Waals surface area contributed by atoms with Crippen molar-refractivity contribution in [2.24, 2.45) is 16.7 Å². The molecule has 0 bridgehead atoms. The summed E-state index contributed by atoms with van der Waals surface area (Å²) in [5.74, 6) is 1.01. The van der Waals surface area contributed by atoms with Crippen molar-refractivity contribution in [3.05, 3.63) is 23.5 Å². The van der Waals surface area contributed by atoms with Crippen LogP contribution in [0.15, 0.2) is 12.3 Å². The second-order valence-electron chi connectivity index (χ2n) is 10.7. The molecule has 1 amide bonds. The van der Waals surface area contributed by atoms with Crippen LogP contribution < -0.4 is 4.90 Å². The molecule has 0 radical (unpaired) electrons. The van der Waals surface area contributed by atoms with Crippen LogP contribution in [0.2, 0.25) is 0 Å². The molecule has 0 saturated heterocycles. The predicted molar refractivity (Wildman–Crippen MR) is 117 cm³/mol. The quantitative estimate of drug-likeness (QED) is 0.680. The highest BCUT2D eigenvalue weighted by Crippen LogP contribution is 2.45. The molecule has 3 aromatic heterocycles. The van der Waals surface area contributed by atoms with Gasteiger partial charge in [-0.3, -0.25) is 9.89 Å². The summed E-state index contributed by atoms with van der Waals surface area (Å²) in [7, 11) is 1.83. The third-order valence-electron chi connectivity index (χ3n) is 6.87. The number of carbonyl (C=O) groups excluding carboxylic acids is 1. The SMILES string of the molecule is CN(C(=O)C1CC(C)(C)C1)c1cnc2[nH]c(-c3n[nH]c4c3CCC(C)(C)C4)nc2c1. The average Bonchev–Trinajstić information content (AvgIpc) is 3.26. The van der Waals surface area contributed by atoms with E-state index < -0.39 is 0 Å². The Morgan fingerprint density at radius 1 is 1.20 bits per heavy atom. The summed E-state index contributed by atoms with van der Waals surface area (Å²) in [6.07, 6.45) is 6.77. The molecule has 0 spiro atoms. The van der Waals surface area contributed by atoms with Gasteiger partial charge in [0, 0.05) is 24.2 Å². The molecule has 5 rings (SSSR count). The van der Waals surface area contributed by atoms with Gasteiger partial charge in [0.2, 0.25) is 5.91 Å². The van der Waals surface area contributed by atoms with Gasteiger partial charge in [-0.05, 0) is 49.0 Å². The molecule has 3 aromatic rings. The van der Waals surface area contributed by atoms with Crippen molar-refractivity contribution in [1.82, 2.24) is 25.1 Å². The van der Waals surface area contributed by atoms with E-state index in [0.29, 0.717) is 11.1 Å². The lowest BCUT2D eigenvalue weighted by Gasteiger charge is -2.42. The summed E-state index contributed by atoms with van der Waals surface area (Å²) >= 11 is 0. The highest BCUT2D eigenvalue weighted by molar-refractivity contribution is 5.96. The van der Waals surface area contributed by atoms with E-state index in [1.807, 2.05) is 13.1 Å². The number of hydrogen-bond donors (Lipinski definition) is 2. The second kappa shape index (κ2) is 6.40. The van der Waals surface area contributed by atoms with Gasteiger partial charge in [0.1, 0.15) is 11.2 Å². The van der Waals surface area contributed by atoms with E-state index in [0.717, 1.165) is 54.8 Å². The fraction of sp³-hybridized carbons (Fsp3) is 0.565. The van der Waals surface area contributed by atoms with Crippen molar-refractivity contribution in [2.45, 2.75) is 59.8 Å². The van der Waals surface area contributed by atoms with Gasteiger partial charge in [0.25, 0.3) is 0 Å². The van der Waals surface area contributed by atoms with Gasteiger partial charge in [0.05, 0.1) is 11.9 Å². The number of amides is 1. The first-order chi connectivity index (χ1) is 14.1. The van der Waals surface area contributed by atoms with E-state index in [4.69, 9.17) is 4.98 Å². The minimum atomic E-state index is 0.107. The summed E-state index contributed by atoms with van der Waals surface area (Å²) in [6, 6.07) is 1.94. The van der Waals surface area contributed by atoms with Gasteiger partial charge < -0.3 is 9.88 Å². The maximum Gasteiger partial charge on any atom is 0.229 e. The maximum atomic E-state index is 12.8. The van der Waals surface area contributed by atoms with Crippen LogP contribution in [-0.4, -0.2) is 38.1 Å². The van der Waals surface area contributed by atoms with E-state index in [-0.39, 0.29) is 17.2 Å². The lowest BCUT2D eigenvalue weighted by molar-refractivity contribution is -0.128. The number of aromatic nitrogens is 5. The Labute approximate surface area is 176 Å². The summed E-state index contributed by atoms with van der Waals surface area (Å²) < 4.78 is 0. The lowest BCUT2D eigenvalue weighted by Crippen LogP contribution is -2.43. The van der Waals surface area contributed by atoms with E-state index in [9.17, 15) is 4.79 Å². The number of pyridine rings is 1. The third-order valence-corrected chi connectivity index (χ3v) is 6.87. The first-order valence-corrected chi connectivity index (χ1v) is 10.8. The molecule has 158 valence electrons.